The second-order valence-corrected chi connectivity index (χ2v) is 5.56. The molecule has 0 bridgehead atoms. The average Bonchev–Trinajstić information content (AvgIpc) is 1.78. The first-order chi connectivity index (χ1) is 5.94. The summed E-state index contributed by atoms with van der Waals surface area (Å²) in [7, 11) is 0. The fourth-order valence-electron chi connectivity index (χ4n) is 2.56. The highest BCUT2D eigenvalue weighted by Gasteiger charge is 2.59. The average molecular weight is 184 g/mol. The molecular formula is C11H20O2. The van der Waals surface area contributed by atoms with Gasteiger partial charge in [0.25, 0.3) is 0 Å². The third-order valence-corrected chi connectivity index (χ3v) is 3.52. The first kappa shape index (κ1) is 9.47. The standard InChI is InChI=1S/C11H20O2/c1-10(2,3)13-9-7-8(12)11(9)5-4-6-11/h8-9,12H,4-7H2,1-3H3/t8-,9+/m0/s1. The van der Waals surface area contributed by atoms with Gasteiger partial charge in [0, 0.05) is 11.8 Å². The zero-order chi connectivity index (χ0) is 9.69. The minimum Gasteiger partial charge on any atom is -0.392 e. The van der Waals surface area contributed by atoms with E-state index >= 15 is 0 Å². The molecule has 0 aromatic heterocycles. The van der Waals surface area contributed by atoms with Crippen LogP contribution in [0, 0.1) is 5.41 Å². The maximum absolute atomic E-state index is 9.71. The van der Waals surface area contributed by atoms with Crippen LogP contribution in [-0.2, 0) is 4.74 Å². The summed E-state index contributed by atoms with van der Waals surface area (Å²) in [5, 5.41) is 9.71. The molecule has 2 fully saturated rings. The van der Waals surface area contributed by atoms with Gasteiger partial charge in [-0.2, -0.15) is 0 Å². The van der Waals surface area contributed by atoms with Crippen LogP contribution in [0.25, 0.3) is 0 Å². The van der Waals surface area contributed by atoms with Crippen LogP contribution in [0.4, 0.5) is 0 Å². The van der Waals surface area contributed by atoms with Gasteiger partial charge in [-0.1, -0.05) is 6.42 Å². The molecule has 1 spiro atoms. The lowest BCUT2D eigenvalue weighted by Crippen LogP contribution is -2.63. The molecule has 0 unspecified atom stereocenters. The van der Waals surface area contributed by atoms with E-state index in [2.05, 4.69) is 20.8 Å². The molecule has 76 valence electrons. The van der Waals surface area contributed by atoms with Gasteiger partial charge in [-0.15, -0.1) is 0 Å². The van der Waals surface area contributed by atoms with E-state index < -0.39 is 0 Å². The third-order valence-electron chi connectivity index (χ3n) is 3.52. The molecule has 2 aliphatic rings. The van der Waals surface area contributed by atoms with E-state index in [0.29, 0.717) is 6.10 Å². The number of aliphatic hydroxyl groups excluding tert-OH is 1. The van der Waals surface area contributed by atoms with Crippen molar-refractivity contribution in [3.8, 4) is 0 Å². The van der Waals surface area contributed by atoms with Gasteiger partial charge in [0.1, 0.15) is 0 Å². The highest BCUT2D eigenvalue weighted by Crippen LogP contribution is 2.57. The molecule has 13 heavy (non-hydrogen) atoms. The van der Waals surface area contributed by atoms with Gasteiger partial charge in [-0.3, -0.25) is 0 Å². The number of ether oxygens (including phenoxy) is 1. The van der Waals surface area contributed by atoms with Crippen molar-refractivity contribution in [3.05, 3.63) is 0 Å². The molecule has 0 saturated heterocycles. The lowest BCUT2D eigenvalue weighted by atomic mass is 9.52. The largest absolute Gasteiger partial charge is 0.392 e. The van der Waals surface area contributed by atoms with E-state index in [1.807, 2.05) is 0 Å². The summed E-state index contributed by atoms with van der Waals surface area (Å²) in [6, 6.07) is 0. The van der Waals surface area contributed by atoms with Crippen LogP contribution < -0.4 is 0 Å². The molecule has 0 heterocycles. The SMILES string of the molecule is CC(C)(C)O[C@@H]1C[C@H](O)C12CCC2. The van der Waals surface area contributed by atoms with Crippen molar-refractivity contribution in [2.24, 2.45) is 5.41 Å². The monoisotopic (exact) mass is 184 g/mol. The Kier molecular flexibility index (Phi) is 1.97. The summed E-state index contributed by atoms with van der Waals surface area (Å²) in [6.07, 6.45) is 4.66. The summed E-state index contributed by atoms with van der Waals surface area (Å²) in [6.45, 7) is 6.26. The Morgan fingerprint density at radius 2 is 1.92 bits per heavy atom. The number of hydrogen-bond donors (Lipinski definition) is 1. The normalized spacial score (nSPS) is 36.9. The van der Waals surface area contributed by atoms with Crippen LogP contribution in [0.3, 0.4) is 0 Å². The summed E-state index contributed by atoms with van der Waals surface area (Å²) in [5.41, 5.74) is 0.0979. The van der Waals surface area contributed by atoms with E-state index in [1.165, 1.54) is 6.42 Å². The highest BCUT2D eigenvalue weighted by atomic mass is 16.5. The van der Waals surface area contributed by atoms with Gasteiger partial charge in [0.05, 0.1) is 17.8 Å². The van der Waals surface area contributed by atoms with Crippen molar-refractivity contribution < 1.29 is 9.84 Å². The van der Waals surface area contributed by atoms with Gasteiger partial charge in [-0.25, -0.2) is 0 Å². The number of aliphatic hydroxyl groups is 1. The Hall–Kier alpha value is -0.0800. The Morgan fingerprint density at radius 3 is 2.23 bits per heavy atom. The second kappa shape index (κ2) is 2.71. The summed E-state index contributed by atoms with van der Waals surface area (Å²) >= 11 is 0. The summed E-state index contributed by atoms with van der Waals surface area (Å²) < 4.78 is 5.94. The topological polar surface area (TPSA) is 29.5 Å². The molecular weight excluding hydrogens is 164 g/mol. The molecule has 2 rings (SSSR count). The number of rotatable bonds is 1. The van der Waals surface area contributed by atoms with Crippen molar-refractivity contribution in [2.45, 2.75) is 64.3 Å². The lowest BCUT2D eigenvalue weighted by Gasteiger charge is -2.60. The molecule has 2 nitrogen and oxygen atoms in total. The second-order valence-electron chi connectivity index (χ2n) is 5.56. The Balaban J connectivity index is 1.96. The lowest BCUT2D eigenvalue weighted by molar-refractivity contribution is -0.254. The molecule has 1 N–H and O–H groups in total. The highest BCUT2D eigenvalue weighted by molar-refractivity contribution is 5.09. The molecule has 0 aromatic rings. The van der Waals surface area contributed by atoms with Gasteiger partial charge < -0.3 is 9.84 Å². The summed E-state index contributed by atoms with van der Waals surface area (Å²) in [5.74, 6) is 0. The predicted molar refractivity (Wildman–Crippen MR) is 51.5 cm³/mol. The van der Waals surface area contributed by atoms with Gasteiger partial charge in [0.2, 0.25) is 0 Å². The van der Waals surface area contributed by atoms with E-state index in [4.69, 9.17) is 4.74 Å². The first-order valence-corrected chi connectivity index (χ1v) is 5.30. The molecule has 2 atom stereocenters. The van der Waals surface area contributed by atoms with Crippen molar-refractivity contribution >= 4 is 0 Å². The van der Waals surface area contributed by atoms with Crippen molar-refractivity contribution in [1.82, 2.24) is 0 Å². The molecule has 2 heteroatoms. The van der Waals surface area contributed by atoms with Crippen LogP contribution >= 0.6 is 0 Å². The summed E-state index contributed by atoms with van der Waals surface area (Å²) in [4.78, 5) is 0. The first-order valence-electron chi connectivity index (χ1n) is 5.30. The smallest absolute Gasteiger partial charge is 0.0688 e. The van der Waals surface area contributed by atoms with Crippen LogP contribution in [0.2, 0.25) is 0 Å². The quantitative estimate of drug-likeness (QED) is 0.676. The minimum atomic E-state index is -0.0893. The van der Waals surface area contributed by atoms with E-state index in [1.54, 1.807) is 0 Å². The Morgan fingerprint density at radius 1 is 1.31 bits per heavy atom. The Labute approximate surface area is 80.3 Å². The van der Waals surface area contributed by atoms with Crippen LogP contribution in [-0.4, -0.2) is 22.9 Å². The minimum absolute atomic E-state index is 0.0621. The molecule has 0 aliphatic heterocycles. The molecule has 2 saturated carbocycles. The molecule has 2 aliphatic carbocycles. The third kappa shape index (κ3) is 1.40. The zero-order valence-electron chi connectivity index (χ0n) is 8.84. The van der Waals surface area contributed by atoms with Gasteiger partial charge >= 0.3 is 0 Å². The maximum atomic E-state index is 9.71. The Bertz CT molecular complexity index is 201. The van der Waals surface area contributed by atoms with Crippen molar-refractivity contribution in [2.75, 3.05) is 0 Å². The van der Waals surface area contributed by atoms with Crippen LogP contribution in [0.15, 0.2) is 0 Å². The van der Waals surface area contributed by atoms with E-state index in [0.717, 1.165) is 19.3 Å². The fraction of sp³-hybridized carbons (Fsp3) is 1.00. The van der Waals surface area contributed by atoms with Crippen molar-refractivity contribution in [3.63, 3.8) is 0 Å². The molecule has 0 aromatic carbocycles. The van der Waals surface area contributed by atoms with Crippen molar-refractivity contribution in [1.29, 1.82) is 0 Å². The fourth-order valence-corrected chi connectivity index (χ4v) is 2.56. The van der Waals surface area contributed by atoms with Crippen LogP contribution in [0.1, 0.15) is 46.5 Å². The van der Waals surface area contributed by atoms with E-state index in [9.17, 15) is 5.11 Å². The van der Waals surface area contributed by atoms with Crippen LogP contribution in [0.5, 0.6) is 0 Å². The van der Waals surface area contributed by atoms with E-state index in [-0.39, 0.29) is 17.1 Å². The molecule has 0 radical (unpaired) electrons. The van der Waals surface area contributed by atoms with Gasteiger partial charge in [-0.05, 0) is 33.6 Å². The predicted octanol–water partition coefficient (Wildman–Crippen LogP) is 2.10. The van der Waals surface area contributed by atoms with Gasteiger partial charge in [0.15, 0.2) is 0 Å². The zero-order valence-corrected chi connectivity index (χ0v) is 8.84. The number of hydrogen-bond acceptors (Lipinski definition) is 2. The maximum Gasteiger partial charge on any atom is 0.0688 e. The molecule has 0 amide bonds.